The number of carbonyl (C=O) groups excluding carboxylic acids is 3. The van der Waals surface area contributed by atoms with Crippen LogP contribution in [0.5, 0.6) is 11.5 Å². The van der Waals surface area contributed by atoms with Gasteiger partial charge >= 0.3 is 0 Å². The van der Waals surface area contributed by atoms with Crippen molar-refractivity contribution in [2.45, 2.75) is 20.0 Å². The largest absolute Gasteiger partial charge is 0.485 e. The molecule has 0 aliphatic carbocycles. The van der Waals surface area contributed by atoms with Gasteiger partial charge in [-0.25, -0.2) is 0 Å². The third kappa shape index (κ3) is 5.25. The summed E-state index contributed by atoms with van der Waals surface area (Å²) in [7, 11) is 0. The van der Waals surface area contributed by atoms with Crippen LogP contribution in [0.15, 0.2) is 48.5 Å². The fraction of sp³-hybridized carbons (Fsp3) is 0.286. The summed E-state index contributed by atoms with van der Waals surface area (Å²) in [5.74, 6) is 0.301. The van der Waals surface area contributed by atoms with E-state index >= 15 is 0 Å². The topological polar surface area (TPSA) is 97.0 Å². The molecule has 8 nitrogen and oxygen atoms in total. The molecule has 152 valence electrons. The molecule has 3 rings (SSSR count). The van der Waals surface area contributed by atoms with Gasteiger partial charge in [0.2, 0.25) is 17.9 Å². The van der Waals surface area contributed by atoms with Crippen molar-refractivity contribution in [1.82, 2.24) is 4.90 Å². The molecule has 0 bridgehead atoms. The van der Waals surface area contributed by atoms with Gasteiger partial charge in [-0.3, -0.25) is 14.4 Å². The van der Waals surface area contributed by atoms with Crippen LogP contribution in [0.1, 0.15) is 13.8 Å². The van der Waals surface area contributed by atoms with E-state index in [4.69, 9.17) is 9.47 Å². The van der Waals surface area contributed by atoms with E-state index < -0.39 is 6.10 Å². The molecule has 8 heteroatoms. The molecule has 0 fully saturated rings. The number of likely N-dealkylation sites (N-methyl/N-ethyl adjacent to an activating group) is 1. The number of hydrogen-bond acceptors (Lipinski definition) is 5. The zero-order chi connectivity index (χ0) is 20.8. The number of nitrogens with zero attached hydrogens (tertiary/aromatic N) is 1. The van der Waals surface area contributed by atoms with Crippen LogP contribution in [0.3, 0.4) is 0 Å². The first-order chi connectivity index (χ1) is 14.0. The zero-order valence-electron chi connectivity index (χ0n) is 16.3. The smallest absolute Gasteiger partial charge is 0.267 e. The van der Waals surface area contributed by atoms with Gasteiger partial charge in [-0.05, 0) is 43.3 Å². The second-order valence-corrected chi connectivity index (χ2v) is 6.52. The lowest BCUT2D eigenvalue weighted by Crippen LogP contribution is -2.48. The molecule has 0 saturated heterocycles. The molecule has 2 aromatic carbocycles. The molecule has 1 aliphatic rings. The second-order valence-electron chi connectivity index (χ2n) is 6.52. The zero-order valence-corrected chi connectivity index (χ0v) is 16.3. The summed E-state index contributed by atoms with van der Waals surface area (Å²) in [5.41, 5.74) is 1.20. The standard InChI is InChI=1S/C21H23N3O5/c1-3-24(21(27)19-13-28-17-6-4-5-7-18(17)29-19)12-20(26)23-16-10-8-15(9-11-16)22-14(2)25/h4-11,19H,3,12-13H2,1-2H3,(H,22,25)(H,23,26)/t19-/m0/s1. The van der Waals surface area contributed by atoms with Crippen LogP contribution in [0.4, 0.5) is 11.4 Å². The van der Waals surface area contributed by atoms with Gasteiger partial charge in [-0.1, -0.05) is 12.1 Å². The van der Waals surface area contributed by atoms with Crippen molar-refractivity contribution in [3.05, 3.63) is 48.5 Å². The summed E-state index contributed by atoms with van der Waals surface area (Å²) in [6.45, 7) is 3.56. The molecule has 1 aliphatic heterocycles. The number of carbonyl (C=O) groups is 3. The van der Waals surface area contributed by atoms with Crippen molar-refractivity contribution in [1.29, 1.82) is 0 Å². The van der Waals surface area contributed by atoms with Crippen LogP contribution >= 0.6 is 0 Å². The van der Waals surface area contributed by atoms with Crippen LogP contribution in [-0.2, 0) is 14.4 Å². The maximum absolute atomic E-state index is 12.8. The molecule has 2 N–H and O–H groups in total. The molecular formula is C21H23N3O5. The molecular weight excluding hydrogens is 374 g/mol. The Morgan fingerprint density at radius 2 is 1.62 bits per heavy atom. The molecule has 2 aromatic rings. The van der Waals surface area contributed by atoms with E-state index in [9.17, 15) is 14.4 Å². The van der Waals surface area contributed by atoms with Crippen molar-refractivity contribution in [2.75, 3.05) is 30.3 Å². The van der Waals surface area contributed by atoms with Crippen LogP contribution < -0.4 is 20.1 Å². The van der Waals surface area contributed by atoms with E-state index in [2.05, 4.69) is 10.6 Å². The van der Waals surface area contributed by atoms with Gasteiger partial charge in [0.25, 0.3) is 5.91 Å². The van der Waals surface area contributed by atoms with E-state index in [1.807, 2.05) is 6.07 Å². The molecule has 0 unspecified atom stereocenters. The number of para-hydroxylation sites is 2. The Morgan fingerprint density at radius 3 is 2.24 bits per heavy atom. The van der Waals surface area contributed by atoms with Crippen LogP contribution in [0.2, 0.25) is 0 Å². The first-order valence-corrected chi connectivity index (χ1v) is 9.31. The summed E-state index contributed by atoms with van der Waals surface area (Å²) >= 11 is 0. The van der Waals surface area contributed by atoms with Crippen molar-refractivity contribution >= 4 is 29.1 Å². The molecule has 0 spiro atoms. The number of ether oxygens (including phenoxy) is 2. The monoisotopic (exact) mass is 397 g/mol. The Morgan fingerprint density at radius 1 is 1.00 bits per heavy atom. The summed E-state index contributed by atoms with van der Waals surface area (Å²) in [4.78, 5) is 37.6. The highest BCUT2D eigenvalue weighted by molar-refractivity contribution is 5.95. The summed E-state index contributed by atoms with van der Waals surface area (Å²) in [5, 5.41) is 5.40. The summed E-state index contributed by atoms with van der Waals surface area (Å²) in [6, 6.07) is 13.9. The number of benzene rings is 2. The van der Waals surface area contributed by atoms with Gasteiger partial charge in [0, 0.05) is 24.8 Å². The first kappa shape index (κ1) is 20.2. The summed E-state index contributed by atoms with van der Waals surface area (Å²) < 4.78 is 11.3. The highest BCUT2D eigenvalue weighted by Gasteiger charge is 2.31. The van der Waals surface area contributed by atoms with Crippen LogP contribution in [-0.4, -0.2) is 48.4 Å². The van der Waals surface area contributed by atoms with Gasteiger partial charge in [-0.2, -0.15) is 0 Å². The SMILES string of the molecule is CCN(CC(=O)Nc1ccc(NC(C)=O)cc1)C(=O)[C@@H]1COc2ccccc2O1. The fourth-order valence-corrected chi connectivity index (χ4v) is 2.90. The lowest BCUT2D eigenvalue weighted by atomic mass is 10.2. The number of nitrogens with one attached hydrogen (secondary N) is 2. The molecule has 1 atom stereocenters. The van der Waals surface area contributed by atoms with Gasteiger partial charge in [0.1, 0.15) is 6.61 Å². The number of anilines is 2. The lowest BCUT2D eigenvalue weighted by molar-refractivity contribution is -0.143. The van der Waals surface area contributed by atoms with E-state index in [1.165, 1.54) is 11.8 Å². The fourth-order valence-electron chi connectivity index (χ4n) is 2.90. The third-order valence-electron chi connectivity index (χ3n) is 4.30. The average Bonchev–Trinajstić information content (AvgIpc) is 2.72. The Labute approximate surface area is 168 Å². The van der Waals surface area contributed by atoms with Crippen molar-refractivity contribution < 1.29 is 23.9 Å². The molecule has 3 amide bonds. The van der Waals surface area contributed by atoms with Crippen molar-refractivity contribution in [3.8, 4) is 11.5 Å². The highest BCUT2D eigenvalue weighted by Crippen LogP contribution is 2.31. The second kappa shape index (κ2) is 9.09. The molecule has 1 heterocycles. The molecule has 0 radical (unpaired) electrons. The van der Waals surface area contributed by atoms with Gasteiger partial charge < -0.3 is 25.0 Å². The quantitative estimate of drug-likeness (QED) is 0.779. The predicted octanol–water partition coefficient (Wildman–Crippen LogP) is 2.27. The number of fused-ring (bicyclic) bond motifs is 1. The minimum atomic E-state index is -0.797. The van der Waals surface area contributed by atoms with Crippen molar-refractivity contribution in [3.63, 3.8) is 0 Å². The normalized spacial score (nSPS) is 14.6. The van der Waals surface area contributed by atoms with Gasteiger partial charge in [0.05, 0.1) is 6.54 Å². The molecule has 29 heavy (non-hydrogen) atoms. The Kier molecular flexibility index (Phi) is 6.33. The number of hydrogen-bond donors (Lipinski definition) is 2. The van der Waals surface area contributed by atoms with E-state index in [0.717, 1.165) is 0 Å². The predicted molar refractivity (Wildman–Crippen MR) is 108 cm³/mol. The maximum Gasteiger partial charge on any atom is 0.267 e. The molecule has 0 saturated carbocycles. The Balaban J connectivity index is 1.57. The third-order valence-corrected chi connectivity index (χ3v) is 4.30. The Hall–Kier alpha value is -3.55. The van der Waals surface area contributed by atoms with Crippen LogP contribution in [0.25, 0.3) is 0 Å². The maximum atomic E-state index is 12.8. The average molecular weight is 397 g/mol. The van der Waals surface area contributed by atoms with Crippen molar-refractivity contribution in [2.24, 2.45) is 0 Å². The van der Waals surface area contributed by atoms with E-state index in [0.29, 0.717) is 29.4 Å². The first-order valence-electron chi connectivity index (χ1n) is 9.31. The lowest BCUT2D eigenvalue weighted by Gasteiger charge is -2.29. The Bertz CT molecular complexity index is 897. The van der Waals surface area contributed by atoms with Crippen LogP contribution in [0, 0.1) is 0 Å². The minimum Gasteiger partial charge on any atom is -0.485 e. The molecule has 0 aromatic heterocycles. The number of rotatable bonds is 6. The van der Waals surface area contributed by atoms with E-state index in [-0.39, 0.29) is 30.9 Å². The van der Waals surface area contributed by atoms with Gasteiger partial charge in [-0.15, -0.1) is 0 Å². The van der Waals surface area contributed by atoms with Gasteiger partial charge in [0.15, 0.2) is 11.5 Å². The number of amides is 3. The van der Waals surface area contributed by atoms with E-state index in [1.54, 1.807) is 49.4 Å². The summed E-state index contributed by atoms with van der Waals surface area (Å²) in [6.07, 6.45) is -0.797. The highest BCUT2D eigenvalue weighted by atomic mass is 16.6. The minimum absolute atomic E-state index is 0.0958.